The maximum absolute atomic E-state index is 12.2. The highest BCUT2D eigenvalue weighted by Crippen LogP contribution is 2.30. The molecule has 120 valence electrons. The van der Waals surface area contributed by atoms with Crippen LogP contribution in [-0.4, -0.2) is 21.7 Å². The van der Waals surface area contributed by atoms with Gasteiger partial charge in [-0.15, -0.1) is 11.3 Å². The van der Waals surface area contributed by atoms with E-state index in [0.717, 1.165) is 5.56 Å². The third-order valence-electron chi connectivity index (χ3n) is 3.92. The van der Waals surface area contributed by atoms with Crippen molar-refractivity contribution in [3.63, 3.8) is 0 Å². The van der Waals surface area contributed by atoms with Gasteiger partial charge in [0.05, 0.1) is 18.8 Å². The Morgan fingerprint density at radius 1 is 1.43 bits per heavy atom. The minimum absolute atomic E-state index is 0.134. The molecule has 0 radical (unpaired) electrons. The molecule has 1 atom stereocenters. The number of thiophene rings is 1. The molecule has 3 rings (SSSR count). The van der Waals surface area contributed by atoms with Crippen molar-refractivity contribution in [1.29, 1.82) is 0 Å². The number of hydrogen-bond acceptors (Lipinski definition) is 4. The number of nitrogens with two attached hydrogens (primary N) is 1. The third-order valence-corrected chi connectivity index (χ3v) is 5.19. The van der Waals surface area contributed by atoms with Crippen molar-refractivity contribution < 1.29 is 4.79 Å². The number of aryl methyl sites for hydroxylation is 2. The number of nitrogens with zero attached hydrogens (tertiary/aromatic N) is 2. The standard InChI is InChI=1S/C17H20N4OS/c1-11-13-5-3-4-6-15(13)23-16(11)9-19-17(22)14(18)7-12-8-20-21(2)10-12/h3-6,8,10,14H,7,9,18H2,1-2H3,(H,19,22). The highest BCUT2D eigenvalue weighted by Gasteiger charge is 2.16. The molecular formula is C17H20N4OS. The Labute approximate surface area is 139 Å². The zero-order chi connectivity index (χ0) is 16.4. The van der Waals surface area contributed by atoms with E-state index < -0.39 is 6.04 Å². The molecule has 1 unspecified atom stereocenters. The van der Waals surface area contributed by atoms with E-state index in [0.29, 0.717) is 13.0 Å². The second kappa shape index (κ2) is 6.52. The van der Waals surface area contributed by atoms with E-state index in [9.17, 15) is 4.79 Å². The lowest BCUT2D eigenvalue weighted by Gasteiger charge is -2.11. The van der Waals surface area contributed by atoms with Crippen LogP contribution >= 0.6 is 11.3 Å². The highest BCUT2D eigenvalue weighted by molar-refractivity contribution is 7.19. The molecule has 2 aromatic heterocycles. The summed E-state index contributed by atoms with van der Waals surface area (Å²) in [6.07, 6.45) is 4.11. The van der Waals surface area contributed by atoms with Crippen LogP contribution in [0.3, 0.4) is 0 Å². The van der Waals surface area contributed by atoms with Gasteiger partial charge in [-0.3, -0.25) is 9.48 Å². The molecule has 0 aliphatic carbocycles. The van der Waals surface area contributed by atoms with Gasteiger partial charge < -0.3 is 11.1 Å². The number of aromatic nitrogens is 2. The molecule has 1 amide bonds. The largest absolute Gasteiger partial charge is 0.350 e. The van der Waals surface area contributed by atoms with Gasteiger partial charge >= 0.3 is 0 Å². The van der Waals surface area contributed by atoms with Crippen molar-refractivity contribution in [3.8, 4) is 0 Å². The lowest BCUT2D eigenvalue weighted by Crippen LogP contribution is -2.41. The fraction of sp³-hybridized carbons (Fsp3) is 0.294. The van der Waals surface area contributed by atoms with E-state index in [4.69, 9.17) is 5.73 Å². The van der Waals surface area contributed by atoms with E-state index in [-0.39, 0.29) is 5.91 Å². The number of rotatable bonds is 5. The van der Waals surface area contributed by atoms with Crippen molar-refractivity contribution in [1.82, 2.24) is 15.1 Å². The van der Waals surface area contributed by atoms with Crippen molar-refractivity contribution in [2.75, 3.05) is 0 Å². The van der Waals surface area contributed by atoms with Gasteiger partial charge in [0.2, 0.25) is 5.91 Å². The number of carbonyl (C=O) groups is 1. The second-order valence-corrected chi connectivity index (χ2v) is 6.83. The first-order valence-corrected chi connectivity index (χ1v) is 8.34. The third kappa shape index (κ3) is 3.43. The van der Waals surface area contributed by atoms with Crippen molar-refractivity contribution in [2.24, 2.45) is 12.8 Å². The van der Waals surface area contributed by atoms with Gasteiger partial charge in [0.25, 0.3) is 0 Å². The maximum Gasteiger partial charge on any atom is 0.237 e. The molecule has 0 saturated carbocycles. The van der Waals surface area contributed by atoms with Crippen LogP contribution in [0, 0.1) is 6.92 Å². The van der Waals surface area contributed by atoms with Crippen molar-refractivity contribution >= 4 is 27.3 Å². The molecule has 0 spiro atoms. The van der Waals surface area contributed by atoms with Gasteiger partial charge in [0, 0.05) is 22.8 Å². The Morgan fingerprint density at radius 3 is 2.91 bits per heavy atom. The SMILES string of the molecule is Cc1c(CNC(=O)C(N)Cc2cnn(C)c2)sc2ccccc12. The van der Waals surface area contributed by atoms with Gasteiger partial charge in [0.15, 0.2) is 0 Å². The Hall–Kier alpha value is -2.18. The zero-order valence-corrected chi connectivity index (χ0v) is 14.1. The maximum atomic E-state index is 12.2. The van der Waals surface area contributed by atoms with Crippen LogP contribution in [0.1, 0.15) is 16.0 Å². The molecule has 1 aromatic carbocycles. The van der Waals surface area contributed by atoms with E-state index in [2.05, 4.69) is 29.5 Å². The molecule has 0 aliphatic heterocycles. The summed E-state index contributed by atoms with van der Waals surface area (Å²) < 4.78 is 2.95. The van der Waals surface area contributed by atoms with Crippen LogP contribution in [0.15, 0.2) is 36.7 Å². The lowest BCUT2D eigenvalue weighted by atomic mass is 10.1. The average Bonchev–Trinajstić information content (AvgIpc) is 3.09. The monoisotopic (exact) mass is 328 g/mol. The fourth-order valence-corrected chi connectivity index (χ4v) is 3.77. The number of benzene rings is 1. The minimum Gasteiger partial charge on any atom is -0.350 e. The van der Waals surface area contributed by atoms with Crippen LogP contribution in [0.2, 0.25) is 0 Å². The van der Waals surface area contributed by atoms with Gasteiger partial charge in [0.1, 0.15) is 0 Å². The number of amides is 1. The smallest absolute Gasteiger partial charge is 0.237 e. The predicted octanol–water partition coefficient (Wildman–Crippen LogP) is 2.13. The van der Waals surface area contributed by atoms with E-state index in [1.54, 1.807) is 22.2 Å². The first kappa shape index (κ1) is 15.7. The molecule has 0 bridgehead atoms. The van der Waals surface area contributed by atoms with Crippen molar-refractivity contribution in [3.05, 3.63) is 52.7 Å². The Morgan fingerprint density at radius 2 is 2.22 bits per heavy atom. The van der Waals surface area contributed by atoms with Crippen molar-refractivity contribution in [2.45, 2.75) is 25.9 Å². The first-order valence-electron chi connectivity index (χ1n) is 7.52. The molecular weight excluding hydrogens is 308 g/mol. The molecule has 5 nitrogen and oxygen atoms in total. The molecule has 0 fully saturated rings. The summed E-state index contributed by atoms with van der Waals surface area (Å²) >= 11 is 1.72. The molecule has 3 aromatic rings. The predicted molar refractivity (Wildman–Crippen MR) is 93.3 cm³/mol. The normalized spacial score (nSPS) is 12.5. The molecule has 0 saturated heterocycles. The molecule has 0 aliphatic rings. The van der Waals surface area contributed by atoms with Gasteiger partial charge in [-0.25, -0.2) is 0 Å². The lowest BCUT2D eigenvalue weighted by molar-refractivity contribution is -0.122. The summed E-state index contributed by atoms with van der Waals surface area (Å²) in [5.41, 5.74) is 8.18. The summed E-state index contributed by atoms with van der Waals surface area (Å²) in [5, 5.41) is 8.29. The van der Waals surface area contributed by atoms with Crippen LogP contribution in [0.4, 0.5) is 0 Å². The molecule has 6 heteroatoms. The summed E-state index contributed by atoms with van der Waals surface area (Å²) in [5.74, 6) is -0.134. The number of nitrogens with one attached hydrogen (secondary N) is 1. The number of hydrogen-bond donors (Lipinski definition) is 2. The van der Waals surface area contributed by atoms with Crippen LogP contribution < -0.4 is 11.1 Å². The Kier molecular flexibility index (Phi) is 4.45. The summed E-state index contributed by atoms with van der Waals surface area (Å²) in [6.45, 7) is 2.61. The highest BCUT2D eigenvalue weighted by atomic mass is 32.1. The molecule has 2 heterocycles. The van der Waals surface area contributed by atoms with E-state index in [1.165, 1.54) is 20.5 Å². The summed E-state index contributed by atoms with van der Waals surface area (Å²) in [6, 6.07) is 7.72. The topological polar surface area (TPSA) is 72.9 Å². The zero-order valence-electron chi connectivity index (χ0n) is 13.2. The molecule has 23 heavy (non-hydrogen) atoms. The summed E-state index contributed by atoms with van der Waals surface area (Å²) in [4.78, 5) is 13.4. The van der Waals surface area contributed by atoms with Gasteiger partial charge in [-0.05, 0) is 35.9 Å². The Balaban J connectivity index is 1.62. The van der Waals surface area contributed by atoms with Crippen LogP contribution in [0.25, 0.3) is 10.1 Å². The van der Waals surface area contributed by atoms with E-state index in [1.807, 2.05) is 25.4 Å². The Bertz CT molecular complexity index is 836. The van der Waals surface area contributed by atoms with Crippen LogP contribution in [0.5, 0.6) is 0 Å². The number of carbonyl (C=O) groups excluding carboxylic acids is 1. The van der Waals surface area contributed by atoms with Gasteiger partial charge in [-0.1, -0.05) is 18.2 Å². The second-order valence-electron chi connectivity index (χ2n) is 5.70. The van der Waals surface area contributed by atoms with Gasteiger partial charge in [-0.2, -0.15) is 5.10 Å². The minimum atomic E-state index is -0.561. The first-order chi connectivity index (χ1) is 11.0. The molecule has 3 N–H and O–H groups in total. The van der Waals surface area contributed by atoms with Crippen LogP contribution in [-0.2, 0) is 24.8 Å². The summed E-state index contributed by atoms with van der Waals surface area (Å²) in [7, 11) is 1.85. The number of fused-ring (bicyclic) bond motifs is 1. The average molecular weight is 328 g/mol. The van der Waals surface area contributed by atoms with E-state index >= 15 is 0 Å². The quantitative estimate of drug-likeness (QED) is 0.753. The fourth-order valence-electron chi connectivity index (χ4n) is 2.62.